The van der Waals surface area contributed by atoms with Crippen LogP contribution in [0.25, 0.3) is 0 Å². The molecule has 3 N–H and O–H groups in total. The zero-order chi connectivity index (χ0) is 15.6. The number of hydroxylamine groups is 1. The minimum Gasteiger partial charge on any atom is -0.325 e. The number of hydrogen-bond donors (Lipinski definition) is 3. The molecule has 0 unspecified atom stereocenters. The molecule has 0 bridgehead atoms. The molecule has 5 heteroatoms. The summed E-state index contributed by atoms with van der Waals surface area (Å²) in [5, 5.41) is 11.5. The first kappa shape index (κ1) is 14.3. The van der Waals surface area contributed by atoms with E-state index in [9.17, 15) is 9.59 Å². The second kappa shape index (κ2) is 5.61. The molecular weight excluding hydrogens is 280 g/mol. The molecule has 2 amide bonds. The summed E-state index contributed by atoms with van der Waals surface area (Å²) in [6.07, 6.45) is 1.68. The highest BCUT2D eigenvalue weighted by molar-refractivity contribution is 6.01. The van der Waals surface area contributed by atoms with Gasteiger partial charge in [0.15, 0.2) is 0 Å². The van der Waals surface area contributed by atoms with Gasteiger partial charge in [-0.1, -0.05) is 30.3 Å². The topological polar surface area (TPSA) is 78.4 Å². The predicted octanol–water partition coefficient (Wildman–Crippen LogP) is 2.48. The van der Waals surface area contributed by atoms with Gasteiger partial charge in [0.2, 0.25) is 5.91 Å². The number of hydrogen-bond acceptors (Lipinski definition) is 3. The van der Waals surface area contributed by atoms with Crippen molar-refractivity contribution in [2.24, 2.45) is 0 Å². The Morgan fingerprint density at radius 1 is 0.955 bits per heavy atom. The van der Waals surface area contributed by atoms with Gasteiger partial charge in [-0.3, -0.25) is 14.8 Å². The van der Waals surface area contributed by atoms with Gasteiger partial charge < -0.3 is 5.32 Å². The van der Waals surface area contributed by atoms with Gasteiger partial charge in [0.25, 0.3) is 5.91 Å². The van der Waals surface area contributed by atoms with Gasteiger partial charge in [-0.25, -0.2) is 5.48 Å². The number of carbonyl (C=O) groups is 2. The summed E-state index contributed by atoms with van der Waals surface area (Å²) >= 11 is 0. The first-order valence-corrected chi connectivity index (χ1v) is 7.07. The molecule has 0 heterocycles. The van der Waals surface area contributed by atoms with Crippen molar-refractivity contribution >= 4 is 17.5 Å². The molecule has 1 fully saturated rings. The lowest BCUT2D eigenvalue weighted by atomic mass is 9.95. The summed E-state index contributed by atoms with van der Waals surface area (Å²) in [7, 11) is 0. The first-order chi connectivity index (χ1) is 10.7. The highest BCUT2D eigenvalue weighted by atomic mass is 16.5. The van der Waals surface area contributed by atoms with E-state index in [0.29, 0.717) is 11.3 Å². The van der Waals surface area contributed by atoms with Crippen molar-refractivity contribution in [1.29, 1.82) is 0 Å². The number of amides is 2. The van der Waals surface area contributed by atoms with Crippen LogP contribution < -0.4 is 10.8 Å². The van der Waals surface area contributed by atoms with Crippen LogP contribution in [0.2, 0.25) is 0 Å². The maximum Gasteiger partial charge on any atom is 0.274 e. The van der Waals surface area contributed by atoms with Crippen molar-refractivity contribution in [1.82, 2.24) is 5.48 Å². The average molecular weight is 296 g/mol. The smallest absolute Gasteiger partial charge is 0.274 e. The third-order valence-electron chi connectivity index (χ3n) is 4.02. The molecule has 22 heavy (non-hydrogen) atoms. The van der Waals surface area contributed by atoms with Crippen molar-refractivity contribution in [3.63, 3.8) is 0 Å². The Bertz CT molecular complexity index is 692. The number of nitrogens with one attached hydrogen (secondary N) is 2. The van der Waals surface area contributed by atoms with E-state index in [1.807, 2.05) is 30.3 Å². The summed E-state index contributed by atoms with van der Waals surface area (Å²) in [5.74, 6) is -0.612. The molecule has 1 saturated carbocycles. The van der Waals surface area contributed by atoms with Crippen molar-refractivity contribution in [2.75, 3.05) is 5.32 Å². The van der Waals surface area contributed by atoms with Crippen LogP contribution in [0.1, 0.15) is 28.8 Å². The standard InChI is InChI=1S/C17H16N2O3/c20-15(19-22)12-6-8-14(9-7-12)18-16(21)17(10-11-17)13-4-2-1-3-5-13/h1-9,22H,10-11H2,(H,18,21)(H,19,20). The van der Waals surface area contributed by atoms with E-state index in [1.54, 1.807) is 29.7 Å². The normalized spacial score (nSPS) is 15.0. The summed E-state index contributed by atoms with van der Waals surface area (Å²) in [6.45, 7) is 0. The molecule has 5 nitrogen and oxygen atoms in total. The fourth-order valence-electron chi connectivity index (χ4n) is 2.55. The van der Waals surface area contributed by atoms with Crippen molar-refractivity contribution < 1.29 is 14.8 Å². The second-order valence-corrected chi connectivity index (χ2v) is 5.42. The Balaban J connectivity index is 1.74. The van der Waals surface area contributed by atoms with E-state index < -0.39 is 11.3 Å². The fourth-order valence-corrected chi connectivity index (χ4v) is 2.55. The Hall–Kier alpha value is -2.66. The Morgan fingerprint density at radius 2 is 1.59 bits per heavy atom. The molecule has 3 rings (SSSR count). The van der Waals surface area contributed by atoms with E-state index in [0.717, 1.165) is 18.4 Å². The monoisotopic (exact) mass is 296 g/mol. The highest BCUT2D eigenvalue weighted by Gasteiger charge is 2.51. The van der Waals surface area contributed by atoms with E-state index in [-0.39, 0.29) is 5.91 Å². The third kappa shape index (κ3) is 2.58. The summed E-state index contributed by atoms with van der Waals surface area (Å²) < 4.78 is 0. The lowest BCUT2D eigenvalue weighted by molar-refractivity contribution is -0.118. The molecule has 1 aliphatic rings. The van der Waals surface area contributed by atoms with E-state index >= 15 is 0 Å². The zero-order valence-corrected chi connectivity index (χ0v) is 11.9. The van der Waals surface area contributed by atoms with Crippen LogP contribution in [0.4, 0.5) is 5.69 Å². The number of rotatable bonds is 4. The first-order valence-electron chi connectivity index (χ1n) is 7.07. The quantitative estimate of drug-likeness (QED) is 0.599. The fraction of sp³-hybridized carbons (Fsp3) is 0.176. The van der Waals surface area contributed by atoms with Gasteiger partial charge >= 0.3 is 0 Å². The molecule has 0 saturated heterocycles. The van der Waals surface area contributed by atoms with E-state index in [4.69, 9.17) is 5.21 Å². The van der Waals surface area contributed by atoms with Gasteiger partial charge in [0.1, 0.15) is 0 Å². The Kier molecular flexibility index (Phi) is 3.65. The Labute approximate surface area is 127 Å². The SMILES string of the molecule is O=C(NO)c1ccc(NC(=O)C2(c3ccccc3)CC2)cc1. The van der Waals surface area contributed by atoms with Crippen LogP contribution >= 0.6 is 0 Å². The van der Waals surface area contributed by atoms with Gasteiger partial charge in [0.05, 0.1) is 5.41 Å². The van der Waals surface area contributed by atoms with Gasteiger partial charge in [0, 0.05) is 11.3 Å². The van der Waals surface area contributed by atoms with E-state index in [2.05, 4.69) is 5.32 Å². The zero-order valence-electron chi connectivity index (χ0n) is 11.9. The minimum atomic E-state index is -0.583. The van der Waals surface area contributed by atoms with Crippen LogP contribution in [0.3, 0.4) is 0 Å². The molecule has 2 aromatic carbocycles. The predicted molar refractivity (Wildman–Crippen MR) is 81.7 cm³/mol. The highest BCUT2D eigenvalue weighted by Crippen LogP contribution is 2.48. The van der Waals surface area contributed by atoms with Crippen molar-refractivity contribution in [3.8, 4) is 0 Å². The lowest BCUT2D eigenvalue weighted by Gasteiger charge is -2.16. The van der Waals surface area contributed by atoms with Crippen LogP contribution in [-0.4, -0.2) is 17.0 Å². The number of benzene rings is 2. The molecule has 0 aliphatic heterocycles. The molecule has 2 aromatic rings. The summed E-state index contributed by atoms with van der Waals surface area (Å²) in [5.41, 5.74) is 3.12. The molecular formula is C17H16N2O3. The maximum absolute atomic E-state index is 12.5. The maximum atomic E-state index is 12.5. The lowest BCUT2D eigenvalue weighted by Crippen LogP contribution is -2.27. The molecule has 1 aliphatic carbocycles. The average Bonchev–Trinajstić information content (AvgIpc) is 3.37. The molecule has 112 valence electrons. The number of carbonyl (C=O) groups excluding carboxylic acids is 2. The van der Waals surface area contributed by atoms with E-state index in [1.165, 1.54) is 0 Å². The number of anilines is 1. The molecule has 0 spiro atoms. The molecule has 0 atom stereocenters. The summed E-state index contributed by atoms with van der Waals surface area (Å²) in [4.78, 5) is 23.8. The van der Waals surface area contributed by atoms with Crippen LogP contribution in [0.15, 0.2) is 54.6 Å². The van der Waals surface area contributed by atoms with Crippen LogP contribution in [-0.2, 0) is 10.2 Å². The minimum absolute atomic E-state index is 0.0296. The third-order valence-corrected chi connectivity index (χ3v) is 4.02. The van der Waals surface area contributed by atoms with Crippen LogP contribution in [0.5, 0.6) is 0 Å². The molecule has 0 radical (unpaired) electrons. The molecule has 0 aromatic heterocycles. The van der Waals surface area contributed by atoms with Crippen molar-refractivity contribution in [3.05, 3.63) is 65.7 Å². The Morgan fingerprint density at radius 3 is 2.14 bits per heavy atom. The van der Waals surface area contributed by atoms with Gasteiger partial charge in [-0.05, 0) is 42.7 Å². The van der Waals surface area contributed by atoms with Gasteiger partial charge in [-0.2, -0.15) is 0 Å². The van der Waals surface area contributed by atoms with Crippen molar-refractivity contribution in [2.45, 2.75) is 18.3 Å². The van der Waals surface area contributed by atoms with Gasteiger partial charge in [-0.15, -0.1) is 0 Å². The largest absolute Gasteiger partial charge is 0.325 e. The second-order valence-electron chi connectivity index (χ2n) is 5.42. The summed E-state index contributed by atoms with van der Waals surface area (Å²) in [6, 6.07) is 16.1. The van der Waals surface area contributed by atoms with Crippen LogP contribution in [0, 0.1) is 0 Å².